The summed E-state index contributed by atoms with van der Waals surface area (Å²) >= 11 is 0. The summed E-state index contributed by atoms with van der Waals surface area (Å²) < 4.78 is 0. The van der Waals surface area contributed by atoms with Crippen molar-refractivity contribution in [3.8, 4) is 5.75 Å². The van der Waals surface area contributed by atoms with E-state index in [0.717, 1.165) is 44.7 Å². The van der Waals surface area contributed by atoms with Crippen LogP contribution in [0.15, 0.2) is 18.2 Å². The Labute approximate surface area is 111 Å². The molecule has 3 heteroatoms. The van der Waals surface area contributed by atoms with Gasteiger partial charge in [-0.05, 0) is 45.6 Å². The molecule has 102 valence electrons. The summed E-state index contributed by atoms with van der Waals surface area (Å²) in [6.45, 7) is 11.5. The van der Waals surface area contributed by atoms with Gasteiger partial charge in [-0.25, -0.2) is 0 Å². The number of nitrogens with one attached hydrogen (secondary N) is 1. The molecule has 0 atom stereocenters. The van der Waals surface area contributed by atoms with Crippen molar-refractivity contribution in [2.24, 2.45) is 0 Å². The third-order valence-corrected chi connectivity index (χ3v) is 3.27. The number of phenols is 1. The van der Waals surface area contributed by atoms with Gasteiger partial charge in [0.2, 0.25) is 0 Å². The lowest BCUT2D eigenvalue weighted by molar-refractivity contribution is 0.298. The summed E-state index contributed by atoms with van der Waals surface area (Å²) in [6, 6.07) is 5.73. The summed E-state index contributed by atoms with van der Waals surface area (Å²) in [7, 11) is 0. The normalized spacial score (nSPS) is 11.1. The first-order valence-electron chi connectivity index (χ1n) is 6.89. The minimum Gasteiger partial charge on any atom is -0.508 e. The van der Waals surface area contributed by atoms with E-state index in [1.54, 1.807) is 6.07 Å². The van der Waals surface area contributed by atoms with E-state index in [1.807, 2.05) is 19.1 Å². The first-order valence-corrected chi connectivity index (χ1v) is 6.89. The topological polar surface area (TPSA) is 35.5 Å². The molecule has 0 spiro atoms. The van der Waals surface area contributed by atoms with Gasteiger partial charge in [-0.2, -0.15) is 0 Å². The molecule has 1 rings (SSSR count). The minimum atomic E-state index is 0.386. The van der Waals surface area contributed by atoms with Crippen LogP contribution >= 0.6 is 0 Å². The first-order chi connectivity index (χ1) is 8.67. The van der Waals surface area contributed by atoms with E-state index in [4.69, 9.17) is 0 Å². The number of benzene rings is 1. The van der Waals surface area contributed by atoms with Crippen molar-refractivity contribution in [2.45, 2.75) is 33.7 Å². The molecule has 0 saturated carbocycles. The molecule has 0 unspecified atom stereocenters. The van der Waals surface area contributed by atoms with Crippen LogP contribution in [0, 0.1) is 6.92 Å². The number of aryl methyl sites for hydroxylation is 1. The van der Waals surface area contributed by atoms with Crippen LogP contribution in [0.5, 0.6) is 5.75 Å². The number of hydrogen-bond donors (Lipinski definition) is 2. The van der Waals surface area contributed by atoms with E-state index in [-0.39, 0.29) is 0 Å². The highest BCUT2D eigenvalue weighted by atomic mass is 16.3. The molecule has 0 aliphatic carbocycles. The third-order valence-electron chi connectivity index (χ3n) is 3.27. The van der Waals surface area contributed by atoms with E-state index < -0.39 is 0 Å². The van der Waals surface area contributed by atoms with Crippen LogP contribution in [0.1, 0.15) is 31.4 Å². The Morgan fingerprint density at radius 1 is 1.22 bits per heavy atom. The van der Waals surface area contributed by atoms with Crippen molar-refractivity contribution in [3.05, 3.63) is 29.3 Å². The van der Waals surface area contributed by atoms with Gasteiger partial charge in [0.1, 0.15) is 5.75 Å². The third kappa shape index (κ3) is 5.07. The van der Waals surface area contributed by atoms with Crippen LogP contribution in [-0.4, -0.2) is 36.2 Å². The van der Waals surface area contributed by atoms with Gasteiger partial charge in [-0.3, -0.25) is 0 Å². The summed E-state index contributed by atoms with van der Waals surface area (Å²) in [5.74, 6) is 0.386. The maximum atomic E-state index is 9.71. The van der Waals surface area contributed by atoms with Gasteiger partial charge in [0, 0.05) is 12.1 Å². The van der Waals surface area contributed by atoms with Crippen molar-refractivity contribution in [1.29, 1.82) is 0 Å². The zero-order chi connectivity index (χ0) is 13.4. The molecule has 1 aromatic carbocycles. The summed E-state index contributed by atoms with van der Waals surface area (Å²) in [6.07, 6.45) is 1.15. The lowest BCUT2D eigenvalue weighted by Gasteiger charge is -2.17. The zero-order valence-electron chi connectivity index (χ0n) is 11.9. The summed E-state index contributed by atoms with van der Waals surface area (Å²) in [4.78, 5) is 2.42. The van der Waals surface area contributed by atoms with Gasteiger partial charge >= 0.3 is 0 Å². The molecule has 0 bridgehead atoms. The van der Waals surface area contributed by atoms with E-state index in [2.05, 4.69) is 24.1 Å². The molecule has 0 radical (unpaired) electrons. The van der Waals surface area contributed by atoms with Gasteiger partial charge in [-0.15, -0.1) is 0 Å². The Morgan fingerprint density at radius 2 is 1.94 bits per heavy atom. The molecule has 2 N–H and O–H groups in total. The van der Waals surface area contributed by atoms with E-state index >= 15 is 0 Å². The fourth-order valence-electron chi connectivity index (χ4n) is 2.05. The lowest BCUT2D eigenvalue weighted by atomic mass is 10.1. The molecule has 0 aliphatic heterocycles. The van der Waals surface area contributed by atoms with Crippen LogP contribution in [0.25, 0.3) is 0 Å². The van der Waals surface area contributed by atoms with Crippen molar-refractivity contribution in [2.75, 3.05) is 26.2 Å². The zero-order valence-corrected chi connectivity index (χ0v) is 11.9. The maximum Gasteiger partial charge on any atom is 0.120 e. The fraction of sp³-hybridized carbons (Fsp3) is 0.600. The molecule has 0 aromatic heterocycles. The molecule has 0 heterocycles. The summed E-state index contributed by atoms with van der Waals surface area (Å²) in [5.41, 5.74) is 2.17. The van der Waals surface area contributed by atoms with Crippen molar-refractivity contribution >= 4 is 0 Å². The molecule has 1 aromatic rings. The number of hydrogen-bond acceptors (Lipinski definition) is 3. The van der Waals surface area contributed by atoms with Gasteiger partial charge in [0.15, 0.2) is 0 Å². The molecule has 0 amide bonds. The monoisotopic (exact) mass is 250 g/mol. The van der Waals surface area contributed by atoms with Gasteiger partial charge in [0.05, 0.1) is 0 Å². The number of phenolic OH excluding ortho intramolecular Hbond substituents is 1. The Morgan fingerprint density at radius 3 is 2.61 bits per heavy atom. The fourth-order valence-corrected chi connectivity index (χ4v) is 2.05. The average molecular weight is 250 g/mol. The average Bonchev–Trinajstić information content (AvgIpc) is 2.38. The molecule has 18 heavy (non-hydrogen) atoms. The highest BCUT2D eigenvalue weighted by Crippen LogP contribution is 2.17. The summed E-state index contributed by atoms with van der Waals surface area (Å²) in [5, 5.41) is 13.1. The van der Waals surface area contributed by atoms with Crippen LogP contribution in [0.3, 0.4) is 0 Å². The maximum absolute atomic E-state index is 9.71. The van der Waals surface area contributed by atoms with Crippen molar-refractivity contribution in [3.63, 3.8) is 0 Å². The van der Waals surface area contributed by atoms with E-state index in [9.17, 15) is 5.11 Å². The van der Waals surface area contributed by atoms with Crippen LogP contribution in [0.4, 0.5) is 0 Å². The number of aromatic hydroxyl groups is 1. The van der Waals surface area contributed by atoms with Crippen LogP contribution in [-0.2, 0) is 6.54 Å². The molecule has 0 fully saturated rings. The first kappa shape index (κ1) is 15.0. The molecule has 0 saturated heterocycles. The second kappa shape index (κ2) is 8.11. The largest absolute Gasteiger partial charge is 0.508 e. The van der Waals surface area contributed by atoms with Crippen molar-refractivity contribution in [1.82, 2.24) is 10.2 Å². The highest BCUT2D eigenvalue weighted by Gasteiger charge is 2.01. The Kier molecular flexibility index (Phi) is 6.76. The quantitative estimate of drug-likeness (QED) is 0.696. The predicted octanol–water partition coefficient (Wildman–Crippen LogP) is 2.52. The minimum absolute atomic E-state index is 0.386. The predicted molar refractivity (Wildman–Crippen MR) is 77.0 cm³/mol. The van der Waals surface area contributed by atoms with E-state index in [1.165, 1.54) is 5.56 Å². The molecule has 0 aliphatic rings. The van der Waals surface area contributed by atoms with Crippen LogP contribution < -0.4 is 5.32 Å². The SMILES string of the molecule is CCN(CC)CCCNCc1cc(C)ccc1O. The van der Waals surface area contributed by atoms with E-state index in [0.29, 0.717) is 5.75 Å². The van der Waals surface area contributed by atoms with Crippen LogP contribution in [0.2, 0.25) is 0 Å². The second-order valence-electron chi connectivity index (χ2n) is 4.69. The molecular formula is C15H26N2O. The Balaban J connectivity index is 2.23. The lowest BCUT2D eigenvalue weighted by Crippen LogP contribution is -2.27. The van der Waals surface area contributed by atoms with Gasteiger partial charge < -0.3 is 15.3 Å². The number of rotatable bonds is 8. The Bertz CT molecular complexity index is 348. The van der Waals surface area contributed by atoms with Gasteiger partial charge in [0.25, 0.3) is 0 Å². The molecular weight excluding hydrogens is 224 g/mol. The standard InChI is InChI=1S/C15H26N2O/c1-4-17(5-2)10-6-9-16-12-14-11-13(3)7-8-15(14)18/h7-8,11,16,18H,4-6,9-10,12H2,1-3H3. The van der Waals surface area contributed by atoms with Gasteiger partial charge in [-0.1, -0.05) is 31.5 Å². The van der Waals surface area contributed by atoms with Crippen molar-refractivity contribution < 1.29 is 5.11 Å². The molecule has 3 nitrogen and oxygen atoms in total. The second-order valence-corrected chi connectivity index (χ2v) is 4.69. The number of nitrogens with zero attached hydrogens (tertiary/aromatic N) is 1. The smallest absolute Gasteiger partial charge is 0.120 e. The Hall–Kier alpha value is -1.06. The highest BCUT2D eigenvalue weighted by molar-refractivity contribution is 5.35.